The molecule has 2 rings (SSSR count). The Morgan fingerprint density at radius 2 is 1.95 bits per heavy atom. The van der Waals surface area contributed by atoms with E-state index in [1.54, 1.807) is 12.1 Å². The van der Waals surface area contributed by atoms with Crippen LogP contribution < -0.4 is 5.32 Å². The molecule has 104 valence electrons. The van der Waals surface area contributed by atoms with Crippen molar-refractivity contribution in [1.29, 1.82) is 0 Å². The van der Waals surface area contributed by atoms with Gasteiger partial charge in [-0.3, -0.25) is 4.79 Å². The van der Waals surface area contributed by atoms with E-state index in [0.29, 0.717) is 6.54 Å². The molecule has 1 aliphatic heterocycles. The molecule has 0 unspecified atom stereocenters. The van der Waals surface area contributed by atoms with Gasteiger partial charge in [-0.2, -0.15) is 0 Å². The monoisotopic (exact) mass is 265 g/mol. The maximum Gasteiger partial charge on any atom is 0.277 e. The van der Waals surface area contributed by atoms with E-state index in [9.17, 15) is 9.18 Å². The number of amides is 1. The highest BCUT2D eigenvalue weighted by Gasteiger charge is 2.20. The minimum absolute atomic E-state index is 0.217. The van der Waals surface area contributed by atoms with Crippen molar-refractivity contribution >= 4 is 5.91 Å². The highest BCUT2D eigenvalue weighted by Crippen LogP contribution is 2.15. The minimum Gasteiger partial charge on any atom is -0.338 e. The zero-order valence-electron chi connectivity index (χ0n) is 11.4. The lowest BCUT2D eigenvalue weighted by Gasteiger charge is -2.29. The molecule has 1 fully saturated rings. The van der Waals surface area contributed by atoms with Gasteiger partial charge in [-0.15, -0.1) is 0 Å². The van der Waals surface area contributed by atoms with Crippen molar-refractivity contribution in [3.05, 3.63) is 35.6 Å². The van der Waals surface area contributed by atoms with Gasteiger partial charge in [0.25, 0.3) is 5.91 Å². The summed E-state index contributed by atoms with van der Waals surface area (Å²) in [6.07, 6.45) is 2.23. The van der Waals surface area contributed by atoms with Crippen LogP contribution in [-0.4, -0.2) is 30.4 Å². The van der Waals surface area contributed by atoms with E-state index in [-0.39, 0.29) is 11.7 Å². The first kappa shape index (κ1) is 14.0. The fraction of sp³-hybridized carbons (Fsp3) is 0.533. The van der Waals surface area contributed by atoms with Crippen LogP contribution in [0.15, 0.2) is 24.3 Å². The molecule has 1 saturated heterocycles. The number of nitrogens with zero attached hydrogens (tertiary/aromatic N) is 1. The second-order valence-corrected chi connectivity index (χ2v) is 5.39. The van der Waals surface area contributed by atoms with E-state index in [4.69, 9.17) is 0 Å². The lowest BCUT2D eigenvalue weighted by molar-refractivity contribution is -0.660. The topological polar surface area (TPSA) is 36.9 Å². The van der Waals surface area contributed by atoms with Crippen LogP contribution in [0.5, 0.6) is 0 Å². The largest absolute Gasteiger partial charge is 0.338 e. The second-order valence-electron chi connectivity index (χ2n) is 5.39. The molecule has 19 heavy (non-hydrogen) atoms. The van der Waals surface area contributed by atoms with E-state index in [0.717, 1.165) is 44.0 Å². The zero-order valence-corrected chi connectivity index (χ0v) is 11.4. The van der Waals surface area contributed by atoms with Gasteiger partial charge in [-0.25, -0.2) is 4.39 Å². The van der Waals surface area contributed by atoms with Crippen molar-refractivity contribution in [2.75, 3.05) is 19.6 Å². The van der Waals surface area contributed by atoms with Gasteiger partial charge in [-0.1, -0.05) is 19.1 Å². The molecule has 0 atom stereocenters. The number of quaternary nitrogens is 1. The molecule has 1 aliphatic rings. The Balaban J connectivity index is 1.70. The number of hydrogen-bond donors (Lipinski definition) is 1. The zero-order chi connectivity index (χ0) is 13.7. The lowest BCUT2D eigenvalue weighted by atomic mass is 9.99. The van der Waals surface area contributed by atoms with Gasteiger partial charge in [-0.05, 0) is 30.9 Å². The van der Waals surface area contributed by atoms with Crippen LogP contribution in [0.1, 0.15) is 25.3 Å². The van der Waals surface area contributed by atoms with Crippen LogP contribution in [0.4, 0.5) is 4.39 Å². The summed E-state index contributed by atoms with van der Waals surface area (Å²) in [6.45, 7) is 5.22. The summed E-state index contributed by atoms with van der Waals surface area (Å²) < 4.78 is 12.7. The van der Waals surface area contributed by atoms with Gasteiger partial charge in [0.05, 0.1) is 0 Å². The molecule has 4 heteroatoms. The van der Waals surface area contributed by atoms with Gasteiger partial charge in [0.15, 0.2) is 6.54 Å². The van der Waals surface area contributed by atoms with Crippen molar-refractivity contribution in [1.82, 2.24) is 4.90 Å². The summed E-state index contributed by atoms with van der Waals surface area (Å²) in [5, 5.41) is 1.98. The molecule has 1 aromatic carbocycles. The molecule has 1 aromatic rings. The lowest BCUT2D eigenvalue weighted by Crippen LogP contribution is -2.85. The number of nitrogens with two attached hydrogens (primary N) is 1. The number of piperidine rings is 1. The molecule has 0 aliphatic carbocycles. The molecule has 0 spiro atoms. The summed E-state index contributed by atoms with van der Waals surface area (Å²) in [7, 11) is 0. The van der Waals surface area contributed by atoms with Crippen LogP contribution >= 0.6 is 0 Å². The number of benzene rings is 1. The van der Waals surface area contributed by atoms with Crippen LogP contribution in [0.25, 0.3) is 0 Å². The normalized spacial score (nSPS) is 16.6. The van der Waals surface area contributed by atoms with Crippen molar-refractivity contribution in [3.8, 4) is 0 Å². The molecule has 0 radical (unpaired) electrons. The van der Waals surface area contributed by atoms with Crippen LogP contribution in [0.2, 0.25) is 0 Å². The van der Waals surface area contributed by atoms with Gasteiger partial charge >= 0.3 is 0 Å². The second kappa shape index (κ2) is 6.66. The first-order chi connectivity index (χ1) is 9.15. The van der Waals surface area contributed by atoms with Crippen LogP contribution in [-0.2, 0) is 11.3 Å². The van der Waals surface area contributed by atoms with E-state index in [1.165, 1.54) is 12.1 Å². The molecular weight excluding hydrogens is 243 g/mol. The van der Waals surface area contributed by atoms with Crippen molar-refractivity contribution in [2.24, 2.45) is 5.92 Å². The third kappa shape index (κ3) is 4.31. The molecule has 1 heterocycles. The fourth-order valence-electron chi connectivity index (χ4n) is 2.37. The fourth-order valence-corrected chi connectivity index (χ4v) is 2.37. The molecule has 0 saturated carbocycles. The van der Waals surface area contributed by atoms with Gasteiger partial charge in [0, 0.05) is 18.7 Å². The molecule has 0 bridgehead atoms. The standard InChI is InChI=1S/C15H21FN2O/c1-12-6-8-18(9-7-12)15(19)11-17-10-13-2-4-14(16)5-3-13/h2-5,12,17H,6-11H2,1H3/p+1. The Morgan fingerprint density at radius 1 is 1.32 bits per heavy atom. The predicted octanol–water partition coefficient (Wildman–Crippen LogP) is 1.15. The average Bonchev–Trinajstić information content (AvgIpc) is 2.41. The number of rotatable bonds is 4. The summed E-state index contributed by atoms with van der Waals surface area (Å²) in [5.74, 6) is 0.739. The summed E-state index contributed by atoms with van der Waals surface area (Å²) in [6, 6.07) is 6.44. The Kier molecular flexibility index (Phi) is 4.91. The van der Waals surface area contributed by atoms with Gasteiger partial charge < -0.3 is 10.2 Å². The maximum absolute atomic E-state index is 12.7. The van der Waals surface area contributed by atoms with Crippen molar-refractivity contribution in [3.63, 3.8) is 0 Å². The highest BCUT2D eigenvalue weighted by atomic mass is 19.1. The number of carbonyl (C=O) groups excluding carboxylic acids is 1. The van der Waals surface area contributed by atoms with Gasteiger partial charge in [0.2, 0.25) is 0 Å². The quantitative estimate of drug-likeness (QED) is 0.871. The summed E-state index contributed by atoms with van der Waals surface area (Å²) in [5.41, 5.74) is 1.04. The molecule has 3 nitrogen and oxygen atoms in total. The molecule has 2 N–H and O–H groups in total. The smallest absolute Gasteiger partial charge is 0.277 e. The Bertz CT molecular complexity index is 411. The third-order valence-corrected chi connectivity index (χ3v) is 3.75. The third-order valence-electron chi connectivity index (χ3n) is 3.75. The molecular formula is C15H22FN2O+. The minimum atomic E-state index is -0.220. The van der Waals surface area contributed by atoms with E-state index < -0.39 is 0 Å². The van der Waals surface area contributed by atoms with Gasteiger partial charge in [0.1, 0.15) is 12.4 Å². The van der Waals surface area contributed by atoms with Crippen molar-refractivity contribution < 1.29 is 14.5 Å². The predicted molar refractivity (Wildman–Crippen MR) is 71.9 cm³/mol. The Hall–Kier alpha value is -1.42. The summed E-state index contributed by atoms with van der Waals surface area (Å²) >= 11 is 0. The first-order valence-electron chi connectivity index (χ1n) is 6.99. The highest BCUT2D eigenvalue weighted by molar-refractivity contribution is 5.77. The van der Waals surface area contributed by atoms with Crippen LogP contribution in [0, 0.1) is 11.7 Å². The number of hydrogen-bond acceptors (Lipinski definition) is 1. The maximum atomic E-state index is 12.7. The molecule has 1 amide bonds. The number of likely N-dealkylation sites (tertiary alicyclic amines) is 1. The van der Waals surface area contributed by atoms with Crippen LogP contribution in [0.3, 0.4) is 0 Å². The number of halogens is 1. The Morgan fingerprint density at radius 3 is 2.58 bits per heavy atom. The summed E-state index contributed by atoms with van der Waals surface area (Å²) in [4.78, 5) is 13.9. The van der Waals surface area contributed by atoms with E-state index in [1.807, 2.05) is 10.2 Å². The SMILES string of the molecule is CC1CCN(C(=O)C[NH2+]Cc2ccc(F)cc2)CC1. The first-order valence-corrected chi connectivity index (χ1v) is 6.99. The Labute approximate surface area is 113 Å². The molecule has 0 aromatic heterocycles. The average molecular weight is 265 g/mol. The number of carbonyl (C=O) groups is 1. The van der Waals surface area contributed by atoms with E-state index >= 15 is 0 Å². The van der Waals surface area contributed by atoms with Crippen molar-refractivity contribution in [2.45, 2.75) is 26.3 Å². The van der Waals surface area contributed by atoms with E-state index in [2.05, 4.69) is 6.92 Å².